The number of nitrogens with zero attached hydrogens (tertiary/aromatic N) is 4. The average molecular weight is 457 g/mol. The number of carbonyl (C=O) groups is 2. The third kappa shape index (κ3) is 4.85. The highest BCUT2D eigenvalue weighted by molar-refractivity contribution is 6.03. The minimum atomic E-state index is -0.379. The van der Waals surface area contributed by atoms with E-state index < -0.39 is 0 Å². The highest BCUT2D eigenvalue weighted by Gasteiger charge is 2.35. The van der Waals surface area contributed by atoms with Crippen LogP contribution in [0.1, 0.15) is 24.8 Å². The molecule has 5 rings (SSSR count). The molecule has 0 spiro atoms. The Kier molecular flexibility index (Phi) is 6.12. The first-order chi connectivity index (χ1) is 16.5. The second kappa shape index (κ2) is 9.51. The Bertz CT molecular complexity index is 1170. The first-order valence-corrected chi connectivity index (χ1v) is 11.7. The number of nitrogens with one attached hydrogen (secondary N) is 2. The standard InChI is InChI=1S/C26H28N6O2/c1-18-4-10-22(11-5-18)32-17-19(14-25(32)33)26(34)29-21-8-6-20(7-9-21)28-24-15-23(16-27-30-24)31-12-2-3-13-31/h4-11,15-16,19H,2-3,12-14,17H2,1H3,(H,28,30)(H,29,34). The molecule has 2 N–H and O–H groups in total. The molecule has 174 valence electrons. The summed E-state index contributed by atoms with van der Waals surface area (Å²) in [7, 11) is 0. The zero-order valence-electron chi connectivity index (χ0n) is 19.2. The number of anilines is 5. The van der Waals surface area contributed by atoms with Crippen molar-refractivity contribution in [3.63, 3.8) is 0 Å². The van der Waals surface area contributed by atoms with Crippen LogP contribution in [0.15, 0.2) is 60.8 Å². The smallest absolute Gasteiger partial charge is 0.229 e. The van der Waals surface area contributed by atoms with Gasteiger partial charge in [-0.05, 0) is 56.2 Å². The monoisotopic (exact) mass is 456 g/mol. The van der Waals surface area contributed by atoms with E-state index >= 15 is 0 Å². The summed E-state index contributed by atoms with van der Waals surface area (Å²) < 4.78 is 0. The van der Waals surface area contributed by atoms with Gasteiger partial charge < -0.3 is 20.4 Å². The third-order valence-corrected chi connectivity index (χ3v) is 6.38. The zero-order valence-corrected chi connectivity index (χ0v) is 19.2. The number of rotatable bonds is 6. The number of hydrogen-bond acceptors (Lipinski definition) is 6. The van der Waals surface area contributed by atoms with Crippen molar-refractivity contribution in [1.82, 2.24) is 10.2 Å². The van der Waals surface area contributed by atoms with Gasteiger partial charge in [0.2, 0.25) is 11.8 Å². The molecular weight excluding hydrogens is 428 g/mol. The lowest BCUT2D eigenvalue weighted by Gasteiger charge is -2.17. The van der Waals surface area contributed by atoms with Gasteiger partial charge in [-0.25, -0.2) is 0 Å². The van der Waals surface area contributed by atoms with E-state index in [4.69, 9.17) is 0 Å². The van der Waals surface area contributed by atoms with Crippen molar-refractivity contribution in [3.05, 3.63) is 66.4 Å². The molecule has 8 nitrogen and oxygen atoms in total. The summed E-state index contributed by atoms with van der Waals surface area (Å²) in [5, 5.41) is 14.5. The molecule has 34 heavy (non-hydrogen) atoms. The molecule has 3 aromatic rings. The number of amides is 2. The third-order valence-electron chi connectivity index (χ3n) is 6.38. The van der Waals surface area contributed by atoms with Gasteiger partial charge in [0.05, 0.1) is 17.8 Å². The van der Waals surface area contributed by atoms with Crippen molar-refractivity contribution in [1.29, 1.82) is 0 Å². The number of carbonyl (C=O) groups excluding carboxylic acids is 2. The van der Waals surface area contributed by atoms with Crippen LogP contribution in [0.2, 0.25) is 0 Å². The SMILES string of the molecule is Cc1ccc(N2CC(C(=O)Nc3ccc(Nc4cc(N5CCCC5)cnn4)cc3)CC2=O)cc1. The lowest BCUT2D eigenvalue weighted by molar-refractivity contribution is -0.122. The van der Waals surface area contributed by atoms with Gasteiger partial charge in [0.15, 0.2) is 5.82 Å². The van der Waals surface area contributed by atoms with E-state index in [1.54, 1.807) is 11.1 Å². The second-order valence-electron chi connectivity index (χ2n) is 8.93. The second-order valence-corrected chi connectivity index (χ2v) is 8.93. The van der Waals surface area contributed by atoms with E-state index in [1.807, 2.05) is 61.5 Å². The molecule has 2 amide bonds. The Morgan fingerprint density at radius 1 is 0.971 bits per heavy atom. The van der Waals surface area contributed by atoms with E-state index in [0.29, 0.717) is 18.1 Å². The van der Waals surface area contributed by atoms with Gasteiger partial charge >= 0.3 is 0 Å². The Morgan fingerprint density at radius 2 is 1.68 bits per heavy atom. The summed E-state index contributed by atoms with van der Waals surface area (Å²) >= 11 is 0. The van der Waals surface area contributed by atoms with Gasteiger partial charge in [-0.15, -0.1) is 5.10 Å². The van der Waals surface area contributed by atoms with Crippen LogP contribution < -0.4 is 20.4 Å². The maximum absolute atomic E-state index is 12.8. The molecular formula is C26H28N6O2. The predicted molar refractivity (Wildman–Crippen MR) is 133 cm³/mol. The summed E-state index contributed by atoms with van der Waals surface area (Å²) in [5.74, 6) is 0.130. The van der Waals surface area contributed by atoms with Crippen LogP contribution in [0.5, 0.6) is 0 Å². The van der Waals surface area contributed by atoms with Crippen molar-refractivity contribution >= 4 is 40.4 Å². The fourth-order valence-electron chi connectivity index (χ4n) is 4.45. The Morgan fingerprint density at radius 3 is 2.41 bits per heavy atom. The minimum absolute atomic E-state index is 0.0270. The maximum Gasteiger partial charge on any atom is 0.229 e. The summed E-state index contributed by atoms with van der Waals surface area (Å²) in [6, 6.07) is 17.2. The van der Waals surface area contributed by atoms with Crippen LogP contribution in [-0.2, 0) is 9.59 Å². The van der Waals surface area contributed by atoms with E-state index in [1.165, 1.54) is 12.8 Å². The van der Waals surface area contributed by atoms with Gasteiger partial charge in [-0.1, -0.05) is 17.7 Å². The molecule has 2 aliphatic heterocycles. The summed E-state index contributed by atoms with van der Waals surface area (Å²) in [6.45, 7) is 4.49. The molecule has 0 bridgehead atoms. The summed E-state index contributed by atoms with van der Waals surface area (Å²) in [6.07, 6.45) is 4.42. The Hall–Kier alpha value is -3.94. The van der Waals surface area contributed by atoms with Crippen LogP contribution in [0.25, 0.3) is 0 Å². The molecule has 3 heterocycles. The molecule has 8 heteroatoms. The molecule has 1 atom stereocenters. The molecule has 2 fully saturated rings. The quantitative estimate of drug-likeness (QED) is 0.580. The van der Waals surface area contributed by atoms with Crippen LogP contribution in [0.4, 0.5) is 28.6 Å². The van der Waals surface area contributed by atoms with Crippen LogP contribution in [0.3, 0.4) is 0 Å². The number of aromatic nitrogens is 2. The van der Waals surface area contributed by atoms with E-state index in [0.717, 1.165) is 35.7 Å². The molecule has 0 radical (unpaired) electrons. The lowest BCUT2D eigenvalue weighted by Crippen LogP contribution is -2.28. The van der Waals surface area contributed by atoms with Crippen molar-refractivity contribution in [2.24, 2.45) is 5.92 Å². The fourth-order valence-corrected chi connectivity index (χ4v) is 4.45. The number of aryl methyl sites for hydroxylation is 1. The Labute approximate surface area is 199 Å². The highest BCUT2D eigenvalue weighted by atomic mass is 16.2. The summed E-state index contributed by atoms with van der Waals surface area (Å²) in [4.78, 5) is 29.3. The van der Waals surface area contributed by atoms with Gasteiger partial charge in [-0.2, -0.15) is 5.10 Å². The number of benzene rings is 2. The zero-order chi connectivity index (χ0) is 23.5. The van der Waals surface area contributed by atoms with E-state index in [9.17, 15) is 9.59 Å². The molecule has 2 aromatic carbocycles. The molecule has 1 unspecified atom stereocenters. The van der Waals surface area contributed by atoms with Crippen LogP contribution >= 0.6 is 0 Å². The largest absolute Gasteiger partial charge is 0.370 e. The van der Waals surface area contributed by atoms with Crippen molar-refractivity contribution < 1.29 is 9.59 Å². The molecule has 0 aliphatic carbocycles. The normalized spacial score (nSPS) is 17.8. The summed E-state index contributed by atoms with van der Waals surface area (Å²) in [5.41, 5.74) is 4.58. The highest BCUT2D eigenvalue weighted by Crippen LogP contribution is 2.27. The maximum atomic E-state index is 12.8. The molecule has 0 saturated carbocycles. The van der Waals surface area contributed by atoms with Crippen molar-refractivity contribution in [2.75, 3.05) is 40.1 Å². The molecule has 2 aliphatic rings. The topological polar surface area (TPSA) is 90.5 Å². The van der Waals surface area contributed by atoms with E-state index in [2.05, 4.69) is 25.7 Å². The van der Waals surface area contributed by atoms with Gasteiger partial charge in [-0.3, -0.25) is 9.59 Å². The van der Waals surface area contributed by atoms with Crippen molar-refractivity contribution in [3.8, 4) is 0 Å². The predicted octanol–water partition coefficient (Wildman–Crippen LogP) is 4.12. The van der Waals surface area contributed by atoms with Crippen LogP contribution in [-0.4, -0.2) is 41.6 Å². The van der Waals surface area contributed by atoms with Crippen molar-refractivity contribution in [2.45, 2.75) is 26.2 Å². The van der Waals surface area contributed by atoms with E-state index in [-0.39, 0.29) is 24.2 Å². The fraction of sp³-hybridized carbons (Fsp3) is 0.308. The first-order valence-electron chi connectivity index (χ1n) is 11.7. The first kappa shape index (κ1) is 21.9. The van der Waals surface area contributed by atoms with Gasteiger partial charge in [0, 0.05) is 49.2 Å². The minimum Gasteiger partial charge on any atom is -0.370 e. The van der Waals surface area contributed by atoms with Gasteiger partial charge in [0.1, 0.15) is 0 Å². The van der Waals surface area contributed by atoms with Crippen LogP contribution in [0, 0.1) is 12.8 Å². The Balaban J connectivity index is 1.18. The average Bonchev–Trinajstić information content (AvgIpc) is 3.52. The molecule has 1 aromatic heterocycles. The lowest BCUT2D eigenvalue weighted by atomic mass is 10.1. The number of hydrogen-bond donors (Lipinski definition) is 2. The van der Waals surface area contributed by atoms with Gasteiger partial charge in [0.25, 0.3) is 0 Å². The molecule has 2 saturated heterocycles.